The molecule has 1 amide bonds. The Morgan fingerprint density at radius 3 is 2.59 bits per heavy atom. The molecule has 8 heteroatoms. The molecule has 0 spiro atoms. The second-order valence-electron chi connectivity index (χ2n) is 6.30. The summed E-state index contributed by atoms with van der Waals surface area (Å²) in [5.74, 6) is 0.0861. The minimum atomic E-state index is -0.478. The molecule has 1 N–H and O–H groups in total. The molecule has 0 aliphatic rings. The molecule has 0 unspecified atom stereocenters. The van der Waals surface area contributed by atoms with E-state index in [9.17, 15) is 14.9 Å². The van der Waals surface area contributed by atoms with E-state index in [0.717, 1.165) is 0 Å². The highest BCUT2D eigenvalue weighted by Crippen LogP contribution is 2.27. The molecule has 0 radical (unpaired) electrons. The highest BCUT2D eigenvalue weighted by atomic mass is 16.6. The van der Waals surface area contributed by atoms with Crippen LogP contribution in [0.15, 0.2) is 77.4 Å². The van der Waals surface area contributed by atoms with Gasteiger partial charge in [-0.05, 0) is 37.3 Å². The second-order valence-corrected chi connectivity index (χ2v) is 6.30. The smallest absolute Gasteiger partial charge is 0.274 e. The average molecular weight is 388 g/mol. The van der Waals surface area contributed by atoms with Crippen molar-refractivity contribution in [1.82, 2.24) is 9.78 Å². The van der Waals surface area contributed by atoms with Crippen LogP contribution in [0, 0.1) is 17.0 Å². The number of para-hydroxylation sites is 1. The molecule has 2 heterocycles. The molecule has 0 atom stereocenters. The van der Waals surface area contributed by atoms with Gasteiger partial charge in [-0.1, -0.05) is 24.3 Å². The van der Waals surface area contributed by atoms with Crippen LogP contribution >= 0.6 is 0 Å². The molecule has 0 saturated heterocycles. The van der Waals surface area contributed by atoms with Crippen molar-refractivity contribution in [2.45, 2.75) is 6.92 Å². The Hall–Kier alpha value is -4.20. The number of hydrogen-bond acceptors (Lipinski definition) is 5. The molecule has 144 valence electrons. The van der Waals surface area contributed by atoms with Crippen LogP contribution in [0.1, 0.15) is 16.1 Å². The van der Waals surface area contributed by atoms with Gasteiger partial charge in [0, 0.05) is 12.1 Å². The van der Waals surface area contributed by atoms with Gasteiger partial charge >= 0.3 is 0 Å². The third kappa shape index (κ3) is 3.51. The van der Waals surface area contributed by atoms with E-state index in [0.29, 0.717) is 28.4 Å². The minimum absolute atomic E-state index is 0.0596. The highest BCUT2D eigenvalue weighted by molar-refractivity contribution is 6.04. The van der Waals surface area contributed by atoms with Crippen LogP contribution in [0.5, 0.6) is 0 Å². The van der Waals surface area contributed by atoms with Crippen molar-refractivity contribution in [2.75, 3.05) is 5.32 Å². The van der Waals surface area contributed by atoms with E-state index in [4.69, 9.17) is 4.42 Å². The van der Waals surface area contributed by atoms with Crippen molar-refractivity contribution >= 4 is 17.3 Å². The lowest BCUT2D eigenvalue weighted by atomic mass is 10.1. The van der Waals surface area contributed by atoms with Gasteiger partial charge in [0.25, 0.3) is 11.6 Å². The fourth-order valence-corrected chi connectivity index (χ4v) is 3.00. The number of nitrogens with zero attached hydrogens (tertiary/aromatic N) is 3. The molecule has 0 aliphatic carbocycles. The van der Waals surface area contributed by atoms with Crippen molar-refractivity contribution in [3.05, 3.63) is 94.4 Å². The normalized spacial score (nSPS) is 10.7. The van der Waals surface area contributed by atoms with E-state index in [1.165, 1.54) is 23.1 Å². The van der Waals surface area contributed by atoms with Crippen LogP contribution in [-0.4, -0.2) is 20.6 Å². The van der Waals surface area contributed by atoms with Crippen molar-refractivity contribution in [3.8, 4) is 17.1 Å². The van der Waals surface area contributed by atoms with Gasteiger partial charge in [0.1, 0.15) is 11.4 Å². The number of nitro benzene ring substituents is 1. The maximum Gasteiger partial charge on any atom is 0.274 e. The Kier molecular flexibility index (Phi) is 4.66. The van der Waals surface area contributed by atoms with Crippen LogP contribution in [0.3, 0.4) is 0 Å². The zero-order valence-electron chi connectivity index (χ0n) is 15.4. The number of anilines is 1. The van der Waals surface area contributed by atoms with Gasteiger partial charge in [0.15, 0.2) is 5.76 Å². The molecule has 4 rings (SSSR count). The summed E-state index contributed by atoms with van der Waals surface area (Å²) in [6.07, 6.45) is 1.53. The lowest BCUT2D eigenvalue weighted by Gasteiger charge is -2.10. The zero-order valence-corrected chi connectivity index (χ0v) is 15.4. The third-order valence-electron chi connectivity index (χ3n) is 4.47. The molecular weight excluding hydrogens is 372 g/mol. The standard InChI is InChI=1S/C21H16N4O4/c1-14-16(9-5-10-18(14)25(27)28)22-21(26)19-13-17(20-11-6-12-29-20)23-24(19)15-7-3-2-4-8-15/h2-13H,1H3,(H,22,26). The number of nitrogens with one attached hydrogen (secondary N) is 1. The number of carbonyl (C=O) groups is 1. The summed E-state index contributed by atoms with van der Waals surface area (Å²) in [6, 6.07) is 18.9. The van der Waals surface area contributed by atoms with Crippen LogP contribution in [-0.2, 0) is 0 Å². The van der Waals surface area contributed by atoms with E-state index in [-0.39, 0.29) is 11.4 Å². The minimum Gasteiger partial charge on any atom is -0.463 e. The van der Waals surface area contributed by atoms with Crippen molar-refractivity contribution in [2.24, 2.45) is 0 Å². The van der Waals surface area contributed by atoms with Gasteiger partial charge in [-0.25, -0.2) is 4.68 Å². The summed E-state index contributed by atoms with van der Waals surface area (Å²) in [5, 5.41) is 18.4. The predicted octanol–water partition coefficient (Wildman–Crippen LogP) is 4.60. The monoisotopic (exact) mass is 388 g/mol. The summed E-state index contributed by atoms with van der Waals surface area (Å²) in [5.41, 5.74) is 2.16. The number of nitro groups is 1. The SMILES string of the molecule is Cc1c(NC(=O)c2cc(-c3ccco3)nn2-c2ccccc2)cccc1[N+](=O)[O-]. The Morgan fingerprint density at radius 1 is 1.10 bits per heavy atom. The number of carbonyl (C=O) groups excluding carboxylic acids is 1. The Labute approximate surface area is 165 Å². The highest BCUT2D eigenvalue weighted by Gasteiger charge is 2.21. The summed E-state index contributed by atoms with van der Waals surface area (Å²) in [4.78, 5) is 23.7. The van der Waals surface area contributed by atoms with Crippen LogP contribution in [0.25, 0.3) is 17.1 Å². The summed E-state index contributed by atoms with van der Waals surface area (Å²) >= 11 is 0. The molecule has 0 aliphatic heterocycles. The molecule has 0 saturated carbocycles. The first-order valence-electron chi connectivity index (χ1n) is 8.79. The second kappa shape index (κ2) is 7.43. The molecule has 4 aromatic rings. The van der Waals surface area contributed by atoms with Gasteiger partial charge in [-0.3, -0.25) is 14.9 Å². The number of aromatic nitrogens is 2. The van der Waals surface area contributed by atoms with E-state index < -0.39 is 10.8 Å². The van der Waals surface area contributed by atoms with E-state index in [1.807, 2.05) is 30.3 Å². The Bertz CT molecular complexity index is 1180. The largest absolute Gasteiger partial charge is 0.463 e. The fraction of sp³-hybridized carbons (Fsp3) is 0.0476. The maximum absolute atomic E-state index is 13.1. The Morgan fingerprint density at radius 2 is 1.90 bits per heavy atom. The van der Waals surface area contributed by atoms with Gasteiger partial charge in [0.2, 0.25) is 0 Å². The molecule has 2 aromatic heterocycles. The number of benzene rings is 2. The first kappa shape index (κ1) is 18.2. The number of hydrogen-bond donors (Lipinski definition) is 1. The van der Waals surface area contributed by atoms with Crippen LogP contribution in [0.4, 0.5) is 11.4 Å². The van der Waals surface area contributed by atoms with Gasteiger partial charge < -0.3 is 9.73 Å². The summed E-state index contributed by atoms with van der Waals surface area (Å²) in [7, 11) is 0. The number of amides is 1. The van der Waals surface area contributed by atoms with Crippen molar-refractivity contribution in [3.63, 3.8) is 0 Å². The first-order chi connectivity index (χ1) is 14.0. The molecule has 29 heavy (non-hydrogen) atoms. The van der Waals surface area contributed by atoms with Gasteiger partial charge in [-0.15, -0.1) is 0 Å². The zero-order chi connectivity index (χ0) is 20.4. The summed E-state index contributed by atoms with van der Waals surface area (Å²) in [6.45, 7) is 1.59. The average Bonchev–Trinajstić information content (AvgIpc) is 3.40. The lowest BCUT2D eigenvalue weighted by molar-refractivity contribution is -0.385. The fourth-order valence-electron chi connectivity index (χ4n) is 3.00. The van der Waals surface area contributed by atoms with E-state index >= 15 is 0 Å². The van der Waals surface area contributed by atoms with Crippen molar-refractivity contribution in [1.29, 1.82) is 0 Å². The molecular formula is C21H16N4O4. The van der Waals surface area contributed by atoms with Crippen LogP contribution in [0.2, 0.25) is 0 Å². The molecule has 2 aromatic carbocycles. The third-order valence-corrected chi connectivity index (χ3v) is 4.47. The van der Waals surface area contributed by atoms with Gasteiger partial charge in [-0.2, -0.15) is 5.10 Å². The lowest BCUT2D eigenvalue weighted by Crippen LogP contribution is -2.17. The quantitative estimate of drug-likeness (QED) is 0.397. The Balaban J connectivity index is 1.75. The van der Waals surface area contributed by atoms with Gasteiger partial charge in [0.05, 0.1) is 28.1 Å². The van der Waals surface area contributed by atoms with E-state index in [1.54, 1.807) is 31.2 Å². The predicted molar refractivity (Wildman–Crippen MR) is 107 cm³/mol. The molecule has 8 nitrogen and oxygen atoms in total. The van der Waals surface area contributed by atoms with Crippen LogP contribution < -0.4 is 5.32 Å². The van der Waals surface area contributed by atoms with Crippen molar-refractivity contribution < 1.29 is 14.1 Å². The topological polar surface area (TPSA) is 103 Å². The first-order valence-corrected chi connectivity index (χ1v) is 8.79. The van der Waals surface area contributed by atoms with E-state index in [2.05, 4.69) is 10.4 Å². The molecule has 0 fully saturated rings. The summed E-state index contributed by atoms with van der Waals surface area (Å²) < 4.78 is 6.91. The molecule has 0 bridgehead atoms. The number of rotatable bonds is 5. The number of furan rings is 1. The maximum atomic E-state index is 13.1.